The van der Waals surface area contributed by atoms with Crippen LogP contribution in [-0.2, 0) is 0 Å². The zero-order chi connectivity index (χ0) is 11.5. The fraction of sp³-hybridized carbons (Fsp3) is 1.00. The number of hydrogen-bond acceptors (Lipinski definition) is 2. The van der Waals surface area contributed by atoms with E-state index in [-0.39, 0.29) is 5.41 Å². The molecule has 90 valence electrons. The zero-order valence-corrected chi connectivity index (χ0v) is 10.8. The van der Waals surface area contributed by atoms with Crippen LogP contribution < -0.4 is 0 Å². The van der Waals surface area contributed by atoms with Crippen LogP contribution in [0.4, 0.5) is 0 Å². The van der Waals surface area contributed by atoms with Gasteiger partial charge in [0.15, 0.2) is 0 Å². The van der Waals surface area contributed by atoms with E-state index in [0.717, 1.165) is 24.8 Å². The predicted octanol–water partition coefficient (Wildman–Crippen LogP) is 2.37. The van der Waals surface area contributed by atoms with E-state index >= 15 is 0 Å². The molecule has 0 aromatic heterocycles. The number of nitrogens with zero attached hydrogens (tertiary/aromatic N) is 1. The Balaban J connectivity index is 2.49. The molecule has 0 aromatic rings. The van der Waals surface area contributed by atoms with Crippen molar-refractivity contribution >= 4 is 0 Å². The van der Waals surface area contributed by atoms with Gasteiger partial charge < -0.3 is 10.0 Å². The van der Waals surface area contributed by atoms with Gasteiger partial charge in [-0.15, -0.1) is 0 Å². The van der Waals surface area contributed by atoms with Gasteiger partial charge in [0, 0.05) is 31.7 Å². The van der Waals surface area contributed by atoms with E-state index in [0.29, 0.717) is 6.61 Å². The number of likely N-dealkylation sites (tertiary alicyclic amines) is 1. The van der Waals surface area contributed by atoms with Gasteiger partial charge in [0.2, 0.25) is 0 Å². The molecular formula is C13H27NO. The van der Waals surface area contributed by atoms with E-state index in [1.54, 1.807) is 0 Å². The molecule has 1 aliphatic heterocycles. The summed E-state index contributed by atoms with van der Waals surface area (Å²) in [6.45, 7) is 12.8. The minimum absolute atomic E-state index is 0.0940. The minimum Gasteiger partial charge on any atom is -0.396 e. The molecule has 0 radical (unpaired) electrons. The van der Waals surface area contributed by atoms with Crippen molar-refractivity contribution in [3.05, 3.63) is 0 Å². The van der Waals surface area contributed by atoms with E-state index in [1.165, 1.54) is 19.5 Å². The molecule has 0 amide bonds. The normalized spacial score (nSPS) is 32.6. The Morgan fingerprint density at radius 1 is 1.27 bits per heavy atom. The van der Waals surface area contributed by atoms with Gasteiger partial charge in [-0.1, -0.05) is 27.7 Å². The van der Waals surface area contributed by atoms with Crippen LogP contribution in [0.3, 0.4) is 0 Å². The Hall–Kier alpha value is -0.0800. The predicted molar refractivity (Wildman–Crippen MR) is 64.9 cm³/mol. The molecule has 3 atom stereocenters. The van der Waals surface area contributed by atoms with Crippen molar-refractivity contribution in [3.8, 4) is 0 Å². The molecule has 1 aliphatic rings. The van der Waals surface area contributed by atoms with E-state index in [9.17, 15) is 5.11 Å². The first kappa shape index (κ1) is 13.0. The van der Waals surface area contributed by atoms with Gasteiger partial charge in [-0.05, 0) is 24.7 Å². The molecule has 1 heterocycles. The summed E-state index contributed by atoms with van der Waals surface area (Å²) in [7, 11) is 0. The average Bonchev–Trinajstić information content (AvgIpc) is 2.16. The summed E-state index contributed by atoms with van der Waals surface area (Å²) in [5, 5.41) is 9.42. The molecule has 1 N–H and O–H groups in total. The number of aliphatic hydroxyl groups excluding tert-OH is 1. The molecule has 3 unspecified atom stereocenters. The third kappa shape index (κ3) is 3.76. The average molecular weight is 213 g/mol. The van der Waals surface area contributed by atoms with Gasteiger partial charge in [0.1, 0.15) is 0 Å². The largest absolute Gasteiger partial charge is 0.396 e. The van der Waals surface area contributed by atoms with Crippen molar-refractivity contribution in [1.29, 1.82) is 0 Å². The highest BCUT2D eigenvalue weighted by molar-refractivity contribution is 4.81. The van der Waals surface area contributed by atoms with Crippen LogP contribution in [0, 0.1) is 17.3 Å². The van der Waals surface area contributed by atoms with Crippen LogP contribution >= 0.6 is 0 Å². The van der Waals surface area contributed by atoms with E-state index < -0.39 is 0 Å². The Morgan fingerprint density at radius 2 is 1.80 bits per heavy atom. The second kappa shape index (κ2) is 5.31. The maximum atomic E-state index is 9.42. The van der Waals surface area contributed by atoms with Gasteiger partial charge in [-0.25, -0.2) is 0 Å². The van der Waals surface area contributed by atoms with Crippen molar-refractivity contribution in [2.24, 2.45) is 17.3 Å². The maximum absolute atomic E-state index is 9.42. The molecule has 1 fully saturated rings. The lowest BCUT2D eigenvalue weighted by atomic mass is 9.85. The van der Waals surface area contributed by atoms with Crippen LogP contribution in [0.1, 0.15) is 40.5 Å². The standard InChI is InChI=1S/C13H27NO/c1-5-13(4,10-15)9-14-7-11(2)6-12(3)8-14/h11-12,15H,5-10H2,1-4H3. The molecule has 0 saturated carbocycles. The highest BCUT2D eigenvalue weighted by Gasteiger charge is 2.28. The highest BCUT2D eigenvalue weighted by Crippen LogP contribution is 2.27. The zero-order valence-electron chi connectivity index (χ0n) is 10.8. The molecule has 1 rings (SSSR count). The van der Waals surface area contributed by atoms with Crippen LogP contribution in [-0.4, -0.2) is 36.2 Å². The highest BCUT2D eigenvalue weighted by atomic mass is 16.3. The van der Waals surface area contributed by atoms with Crippen LogP contribution in [0.2, 0.25) is 0 Å². The van der Waals surface area contributed by atoms with E-state index in [2.05, 4.69) is 32.6 Å². The van der Waals surface area contributed by atoms with Gasteiger partial charge in [-0.2, -0.15) is 0 Å². The maximum Gasteiger partial charge on any atom is 0.0496 e. The Labute approximate surface area is 94.7 Å². The summed E-state index contributed by atoms with van der Waals surface area (Å²) >= 11 is 0. The molecule has 0 bridgehead atoms. The van der Waals surface area contributed by atoms with Crippen molar-refractivity contribution < 1.29 is 5.11 Å². The third-order valence-electron chi connectivity index (χ3n) is 3.79. The van der Waals surface area contributed by atoms with Gasteiger partial charge in [0.05, 0.1) is 0 Å². The molecule has 1 saturated heterocycles. The number of hydrogen-bond donors (Lipinski definition) is 1. The Kier molecular flexibility index (Phi) is 4.60. The van der Waals surface area contributed by atoms with E-state index in [1.807, 2.05) is 0 Å². The van der Waals surface area contributed by atoms with Crippen molar-refractivity contribution in [1.82, 2.24) is 4.90 Å². The Bertz CT molecular complexity index is 179. The fourth-order valence-electron chi connectivity index (χ4n) is 2.73. The quantitative estimate of drug-likeness (QED) is 0.775. The van der Waals surface area contributed by atoms with Gasteiger partial charge in [0.25, 0.3) is 0 Å². The van der Waals surface area contributed by atoms with Crippen LogP contribution in [0.25, 0.3) is 0 Å². The molecule has 15 heavy (non-hydrogen) atoms. The first-order chi connectivity index (χ1) is 6.99. The Morgan fingerprint density at radius 3 is 2.20 bits per heavy atom. The first-order valence-corrected chi connectivity index (χ1v) is 6.32. The topological polar surface area (TPSA) is 23.5 Å². The lowest BCUT2D eigenvalue weighted by Gasteiger charge is -2.40. The molecule has 0 aromatic carbocycles. The van der Waals surface area contributed by atoms with Crippen molar-refractivity contribution in [3.63, 3.8) is 0 Å². The second-order valence-corrected chi connectivity index (χ2v) is 5.96. The monoisotopic (exact) mass is 213 g/mol. The number of aliphatic hydroxyl groups is 1. The van der Waals surface area contributed by atoms with Crippen LogP contribution in [0.15, 0.2) is 0 Å². The summed E-state index contributed by atoms with van der Waals surface area (Å²) in [5.74, 6) is 1.63. The summed E-state index contributed by atoms with van der Waals surface area (Å²) in [6, 6.07) is 0. The molecule has 0 spiro atoms. The van der Waals surface area contributed by atoms with Crippen LogP contribution in [0.5, 0.6) is 0 Å². The first-order valence-electron chi connectivity index (χ1n) is 6.32. The molecule has 0 aliphatic carbocycles. The SMILES string of the molecule is CCC(C)(CO)CN1CC(C)CC(C)C1. The lowest BCUT2D eigenvalue weighted by Crippen LogP contribution is -2.45. The molecule has 2 heteroatoms. The van der Waals surface area contributed by atoms with Gasteiger partial charge >= 0.3 is 0 Å². The minimum atomic E-state index is 0.0940. The summed E-state index contributed by atoms with van der Waals surface area (Å²) in [4.78, 5) is 2.54. The number of piperidine rings is 1. The lowest BCUT2D eigenvalue weighted by molar-refractivity contribution is 0.0505. The van der Waals surface area contributed by atoms with Crippen molar-refractivity contribution in [2.75, 3.05) is 26.2 Å². The van der Waals surface area contributed by atoms with Gasteiger partial charge in [-0.3, -0.25) is 0 Å². The van der Waals surface area contributed by atoms with Crippen molar-refractivity contribution in [2.45, 2.75) is 40.5 Å². The molecule has 2 nitrogen and oxygen atoms in total. The molecular weight excluding hydrogens is 186 g/mol. The summed E-state index contributed by atoms with van der Waals surface area (Å²) < 4.78 is 0. The second-order valence-electron chi connectivity index (χ2n) is 5.96. The van der Waals surface area contributed by atoms with E-state index in [4.69, 9.17) is 0 Å². The third-order valence-corrected chi connectivity index (χ3v) is 3.79. The fourth-order valence-corrected chi connectivity index (χ4v) is 2.73. The smallest absolute Gasteiger partial charge is 0.0496 e. The summed E-state index contributed by atoms with van der Waals surface area (Å²) in [6.07, 6.45) is 2.42. The summed E-state index contributed by atoms with van der Waals surface area (Å²) in [5.41, 5.74) is 0.0940. The number of rotatable bonds is 4.